The molecule has 2 rings (SSSR count). The third kappa shape index (κ3) is 8.19. The summed E-state index contributed by atoms with van der Waals surface area (Å²) < 4.78 is 10.8. The highest BCUT2D eigenvalue weighted by Gasteiger charge is 2.25. The molecule has 1 fully saturated rings. The second kappa shape index (κ2) is 12.3. The number of nitrogens with zero attached hydrogens (tertiary/aromatic N) is 2. The smallest absolute Gasteiger partial charge is 0.323 e. The van der Waals surface area contributed by atoms with Crippen molar-refractivity contribution >= 4 is 18.1 Å². The van der Waals surface area contributed by atoms with Crippen LogP contribution in [0.3, 0.4) is 0 Å². The minimum Gasteiger partial charge on any atom is -0.459 e. The lowest BCUT2D eigenvalue weighted by Crippen LogP contribution is -2.43. The Labute approximate surface area is 193 Å². The van der Waals surface area contributed by atoms with Crippen LogP contribution >= 0.6 is 0 Å². The topological polar surface area (TPSA) is 85.1 Å². The molecule has 1 atom stereocenters. The lowest BCUT2D eigenvalue weighted by atomic mass is 9.92. The molecule has 0 spiro atoms. The van der Waals surface area contributed by atoms with E-state index < -0.39 is 17.6 Å². The first-order valence-electron chi connectivity index (χ1n) is 11.7. The predicted molar refractivity (Wildman–Crippen MR) is 128 cm³/mol. The third-order valence-electron chi connectivity index (χ3n) is 6.09. The van der Waals surface area contributed by atoms with Crippen LogP contribution in [-0.4, -0.2) is 67.8 Å². The van der Waals surface area contributed by atoms with Crippen molar-refractivity contribution < 1.29 is 19.1 Å². The number of methoxy groups -OCH3 is 1. The second-order valence-corrected chi connectivity index (χ2v) is 9.60. The number of amides is 1. The SMILES string of the molecule is CCN(CCN(C=O)c1ccc(CC(N)C(=O)OC(C)(C)C)cc1)C1CCC(OC)CC1. The Balaban J connectivity index is 1.89. The molecule has 0 radical (unpaired) electrons. The zero-order valence-corrected chi connectivity index (χ0v) is 20.4. The van der Waals surface area contributed by atoms with E-state index in [1.165, 1.54) is 0 Å². The summed E-state index contributed by atoms with van der Waals surface area (Å²) in [6.07, 6.45) is 6.14. The largest absolute Gasteiger partial charge is 0.459 e. The van der Waals surface area contributed by atoms with Gasteiger partial charge in [0.25, 0.3) is 0 Å². The number of carbonyl (C=O) groups excluding carboxylic acids is 2. The second-order valence-electron chi connectivity index (χ2n) is 9.60. The maximum Gasteiger partial charge on any atom is 0.323 e. The predicted octanol–water partition coefficient (Wildman–Crippen LogP) is 3.14. The summed E-state index contributed by atoms with van der Waals surface area (Å²) in [5.41, 5.74) is 7.23. The Morgan fingerprint density at radius 3 is 2.28 bits per heavy atom. The zero-order chi connectivity index (χ0) is 23.7. The monoisotopic (exact) mass is 447 g/mol. The van der Waals surface area contributed by atoms with Gasteiger partial charge in [-0.15, -0.1) is 0 Å². The van der Waals surface area contributed by atoms with E-state index in [0.717, 1.165) is 56.4 Å². The van der Waals surface area contributed by atoms with E-state index in [1.807, 2.05) is 45.0 Å². The van der Waals surface area contributed by atoms with E-state index >= 15 is 0 Å². The first kappa shape index (κ1) is 26.3. The summed E-state index contributed by atoms with van der Waals surface area (Å²) in [5, 5.41) is 0. The summed E-state index contributed by atoms with van der Waals surface area (Å²) in [6.45, 7) is 10.1. The van der Waals surface area contributed by atoms with E-state index in [0.29, 0.717) is 25.1 Å². The van der Waals surface area contributed by atoms with E-state index in [1.54, 1.807) is 12.0 Å². The molecule has 0 aromatic heterocycles. The average molecular weight is 448 g/mol. The molecule has 1 aliphatic carbocycles. The van der Waals surface area contributed by atoms with Crippen molar-refractivity contribution in [3.63, 3.8) is 0 Å². The molecule has 32 heavy (non-hydrogen) atoms. The van der Waals surface area contributed by atoms with Gasteiger partial charge in [0, 0.05) is 31.9 Å². The number of anilines is 1. The van der Waals surface area contributed by atoms with Gasteiger partial charge in [-0.05, 0) is 77.1 Å². The summed E-state index contributed by atoms with van der Waals surface area (Å²) in [6, 6.07) is 7.49. The van der Waals surface area contributed by atoms with Crippen LogP contribution in [0.2, 0.25) is 0 Å². The molecule has 180 valence electrons. The van der Waals surface area contributed by atoms with Crippen molar-refractivity contribution in [2.75, 3.05) is 31.6 Å². The number of carbonyl (C=O) groups is 2. The maximum atomic E-state index is 12.1. The van der Waals surface area contributed by atoms with E-state index in [2.05, 4.69) is 11.8 Å². The van der Waals surface area contributed by atoms with Crippen LogP contribution in [0.25, 0.3) is 0 Å². The molecule has 1 aliphatic rings. The van der Waals surface area contributed by atoms with Crippen molar-refractivity contribution in [3.05, 3.63) is 29.8 Å². The van der Waals surface area contributed by atoms with Crippen molar-refractivity contribution in [3.8, 4) is 0 Å². The molecule has 0 aliphatic heterocycles. The van der Waals surface area contributed by atoms with Gasteiger partial charge in [-0.3, -0.25) is 14.5 Å². The zero-order valence-electron chi connectivity index (χ0n) is 20.4. The van der Waals surface area contributed by atoms with Crippen LogP contribution in [0.5, 0.6) is 0 Å². The van der Waals surface area contributed by atoms with E-state index in [4.69, 9.17) is 15.2 Å². The molecule has 0 bridgehead atoms. The number of hydrogen-bond acceptors (Lipinski definition) is 6. The molecule has 1 aromatic carbocycles. The lowest BCUT2D eigenvalue weighted by Gasteiger charge is -2.36. The fourth-order valence-electron chi connectivity index (χ4n) is 4.26. The van der Waals surface area contributed by atoms with Gasteiger partial charge in [0.1, 0.15) is 11.6 Å². The van der Waals surface area contributed by atoms with Crippen molar-refractivity contribution in [2.24, 2.45) is 5.73 Å². The average Bonchev–Trinajstić information content (AvgIpc) is 2.76. The molecule has 0 heterocycles. The summed E-state index contributed by atoms with van der Waals surface area (Å²) in [5.74, 6) is -0.407. The van der Waals surface area contributed by atoms with Gasteiger partial charge in [-0.25, -0.2) is 0 Å². The Bertz CT molecular complexity index is 709. The fraction of sp³-hybridized carbons (Fsp3) is 0.680. The van der Waals surface area contributed by atoms with Crippen molar-refractivity contribution in [2.45, 2.75) is 83.6 Å². The molecule has 1 amide bonds. The van der Waals surface area contributed by atoms with Crippen LogP contribution in [0.15, 0.2) is 24.3 Å². The standard InChI is InChI=1S/C25H41N3O4/c1-6-27(20-11-13-22(31-5)14-12-20)15-16-28(18-29)21-9-7-19(8-10-21)17-23(26)24(30)32-25(2,3)4/h7-10,18,20,22-23H,6,11-17,26H2,1-5H3. The summed E-state index contributed by atoms with van der Waals surface area (Å²) >= 11 is 0. The van der Waals surface area contributed by atoms with Gasteiger partial charge >= 0.3 is 5.97 Å². The highest BCUT2D eigenvalue weighted by atomic mass is 16.6. The molecule has 7 nitrogen and oxygen atoms in total. The minimum atomic E-state index is -0.714. The number of rotatable bonds is 11. The molecular weight excluding hydrogens is 406 g/mol. The van der Waals surface area contributed by atoms with E-state index in [9.17, 15) is 9.59 Å². The highest BCUT2D eigenvalue weighted by Crippen LogP contribution is 2.25. The number of esters is 1. The molecule has 1 saturated carbocycles. The van der Waals surface area contributed by atoms with Crippen molar-refractivity contribution in [1.29, 1.82) is 0 Å². The van der Waals surface area contributed by atoms with Gasteiger partial charge in [0.2, 0.25) is 6.41 Å². The van der Waals surface area contributed by atoms with Crippen LogP contribution in [0.4, 0.5) is 5.69 Å². The van der Waals surface area contributed by atoms with Crippen LogP contribution in [-0.2, 0) is 25.5 Å². The summed E-state index contributed by atoms with van der Waals surface area (Å²) in [4.78, 5) is 28.1. The quantitative estimate of drug-likeness (QED) is 0.414. The van der Waals surface area contributed by atoms with Gasteiger partial charge in [0.05, 0.1) is 6.10 Å². The molecule has 7 heteroatoms. The Hall–Kier alpha value is -1.96. The van der Waals surface area contributed by atoms with Crippen LogP contribution in [0, 0.1) is 0 Å². The third-order valence-corrected chi connectivity index (χ3v) is 6.09. The molecule has 0 saturated heterocycles. The Morgan fingerprint density at radius 2 is 1.78 bits per heavy atom. The van der Waals surface area contributed by atoms with E-state index in [-0.39, 0.29) is 0 Å². The van der Waals surface area contributed by atoms with Crippen molar-refractivity contribution in [1.82, 2.24) is 4.90 Å². The number of hydrogen-bond donors (Lipinski definition) is 1. The Kier molecular flexibility index (Phi) is 10.1. The fourth-order valence-corrected chi connectivity index (χ4v) is 4.26. The molecule has 1 aromatic rings. The summed E-state index contributed by atoms with van der Waals surface area (Å²) in [7, 11) is 1.79. The minimum absolute atomic E-state index is 0.387. The molecule has 2 N–H and O–H groups in total. The number of benzene rings is 1. The maximum absolute atomic E-state index is 12.1. The normalized spacial score (nSPS) is 20.1. The number of nitrogens with two attached hydrogens (primary N) is 1. The first-order valence-corrected chi connectivity index (χ1v) is 11.7. The van der Waals surface area contributed by atoms with Crippen LogP contribution in [0.1, 0.15) is 58.9 Å². The van der Waals surface area contributed by atoms with Crippen LogP contribution < -0.4 is 10.6 Å². The molecular formula is C25H41N3O4. The van der Waals surface area contributed by atoms with Gasteiger partial charge in [-0.1, -0.05) is 19.1 Å². The van der Waals surface area contributed by atoms with Gasteiger partial charge < -0.3 is 20.1 Å². The van der Waals surface area contributed by atoms with Gasteiger partial charge in [-0.2, -0.15) is 0 Å². The van der Waals surface area contributed by atoms with Gasteiger partial charge in [0.15, 0.2) is 0 Å². The highest BCUT2D eigenvalue weighted by molar-refractivity contribution is 5.77. The molecule has 1 unspecified atom stereocenters. The number of ether oxygens (including phenoxy) is 2. The number of likely N-dealkylation sites (N-methyl/N-ethyl adjacent to an activating group) is 1. The first-order chi connectivity index (χ1) is 15.2. The lowest BCUT2D eigenvalue weighted by molar-refractivity contribution is -0.156. The Morgan fingerprint density at radius 1 is 1.16 bits per heavy atom.